The molecule has 2 aromatic rings. The standard InChI is InChI=1S/C20H19ClFNO5/c1-3-27-17-8-4-13(10-18(17)26-2)5-9-20(25)28-12-19(24)23-16-7-6-14(21)11-15(16)22/h4-11H,3,12H2,1-2H3,(H,23,24)/b9-5+. The van der Waals surface area contributed by atoms with E-state index in [1.807, 2.05) is 6.92 Å². The van der Waals surface area contributed by atoms with Crippen LogP contribution in [0.4, 0.5) is 10.1 Å². The molecule has 0 aliphatic carbocycles. The summed E-state index contributed by atoms with van der Waals surface area (Å²) in [7, 11) is 1.52. The lowest BCUT2D eigenvalue weighted by atomic mass is 10.2. The fourth-order valence-electron chi connectivity index (χ4n) is 2.19. The molecular formula is C20H19ClFNO5. The molecule has 0 radical (unpaired) electrons. The number of hydrogen-bond donors (Lipinski definition) is 1. The molecule has 0 aliphatic heterocycles. The third-order valence-corrected chi connectivity index (χ3v) is 3.69. The number of anilines is 1. The van der Waals surface area contributed by atoms with Crippen LogP contribution in [-0.2, 0) is 14.3 Å². The number of ether oxygens (including phenoxy) is 3. The van der Waals surface area contributed by atoms with Crippen molar-refractivity contribution in [3.63, 3.8) is 0 Å². The lowest BCUT2D eigenvalue weighted by molar-refractivity contribution is -0.142. The molecule has 148 valence electrons. The van der Waals surface area contributed by atoms with Crippen molar-refractivity contribution in [2.45, 2.75) is 6.92 Å². The van der Waals surface area contributed by atoms with Gasteiger partial charge in [0.1, 0.15) is 5.82 Å². The van der Waals surface area contributed by atoms with Crippen LogP contribution >= 0.6 is 11.6 Å². The molecule has 0 fully saturated rings. The predicted octanol–water partition coefficient (Wildman–Crippen LogP) is 4.08. The van der Waals surface area contributed by atoms with Crippen molar-refractivity contribution in [2.24, 2.45) is 0 Å². The van der Waals surface area contributed by atoms with Crippen LogP contribution in [0.1, 0.15) is 12.5 Å². The van der Waals surface area contributed by atoms with Crippen molar-refractivity contribution in [2.75, 3.05) is 25.6 Å². The number of benzene rings is 2. The van der Waals surface area contributed by atoms with E-state index < -0.39 is 24.3 Å². The Morgan fingerprint density at radius 1 is 1.18 bits per heavy atom. The van der Waals surface area contributed by atoms with Crippen molar-refractivity contribution >= 4 is 35.2 Å². The molecular weight excluding hydrogens is 389 g/mol. The van der Waals surface area contributed by atoms with E-state index in [-0.39, 0.29) is 10.7 Å². The van der Waals surface area contributed by atoms with Crippen molar-refractivity contribution in [1.29, 1.82) is 0 Å². The van der Waals surface area contributed by atoms with Gasteiger partial charge in [0.15, 0.2) is 18.1 Å². The van der Waals surface area contributed by atoms with E-state index in [0.29, 0.717) is 23.7 Å². The van der Waals surface area contributed by atoms with Gasteiger partial charge in [-0.15, -0.1) is 0 Å². The van der Waals surface area contributed by atoms with Crippen LogP contribution in [0.25, 0.3) is 6.08 Å². The lowest BCUT2D eigenvalue weighted by Gasteiger charge is -2.09. The zero-order valence-corrected chi connectivity index (χ0v) is 16.1. The first-order valence-electron chi connectivity index (χ1n) is 8.33. The molecule has 2 aromatic carbocycles. The van der Waals surface area contributed by atoms with E-state index in [4.69, 9.17) is 25.8 Å². The van der Waals surface area contributed by atoms with Gasteiger partial charge < -0.3 is 19.5 Å². The zero-order valence-electron chi connectivity index (χ0n) is 15.3. The van der Waals surface area contributed by atoms with Crippen LogP contribution in [0.5, 0.6) is 11.5 Å². The van der Waals surface area contributed by atoms with Gasteiger partial charge in [-0.2, -0.15) is 0 Å². The Kier molecular flexibility index (Phi) is 7.83. The molecule has 1 N–H and O–H groups in total. The second-order valence-corrected chi connectivity index (χ2v) is 5.89. The molecule has 0 aliphatic rings. The molecule has 0 saturated carbocycles. The smallest absolute Gasteiger partial charge is 0.331 e. The van der Waals surface area contributed by atoms with Crippen LogP contribution in [0.3, 0.4) is 0 Å². The van der Waals surface area contributed by atoms with Crippen LogP contribution in [0.15, 0.2) is 42.5 Å². The number of amides is 1. The fraction of sp³-hybridized carbons (Fsp3) is 0.200. The third-order valence-electron chi connectivity index (χ3n) is 3.45. The third kappa shape index (κ3) is 6.28. The average molecular weight is 408 g/mol. The Bertz CT molecular complexity index is 885. The molecule has 0 heterocycles. The van der Waals surface area contributed by atoms with Gasteiger partial charge >= 0.3 is 5.97 Å². The molecule has 1 amide bonds. The molecule has 0 aromatic heterocycles. The van der Waals surface area contributed by atoms with Crippen molar-refractivity contribution < 1.29 is 28.2 Å². The van der Waals surface area contributed by atoms with E-state index in [1.165, 1.54) is 31.4 Å². The minimum Gasteiger partial charge on any atom is -0.493 e. The minimum absolute atomic E-state index is 0.0533. The quantitative estimate of drug-likeness (QED) is 0.527. The van der Waals surface area contributed by atoms with E-state index in [0.717, 1.165) is 6.07 Å². The Hall–Kier alpha value is -3.06. The Labute approximate surface area is 166 Å². The van der Waals surface area contributed by atoms with E-state index in [9.17, 15) is 14.0 Å². The summed E-state index contributed by atoms with van der Waals surface area (Å²) in [6.07, 6.45) is 2.68. The topological polar surface area (TPSA) is 73.9 Å². The van der Waals surface area contributed by atoms with Gasteiger partial charge in [-0.3, -0.25) is 4.79 Å². The molecule has 0 atom stereocenters. The predicted molar refractivity (Wildman–Crippen MR) is 104 cm³/mol. The Balaban J connectivity index is 1.88. The van der Waals surface area contributed by atoms with Gasteiger partial charge in [-0.05, 0) is 48.9 Å². The van der Waals surface area contributed by atoms with Crippen LogP contribution in [0.2, 0.25) is 5.02 Å². The molecule has 0 spiro atoms. The minimum atomic E-state index is -0.723. The number of rotatable bonds is 8. The highest BCUT2D eigenvalue weighted by Crippen LogP contribution is 2.28. The monoisotopic (exact) mass is 407 g/mol. The Morgan fingerprint density at radius 2 is 1.96 bits per heavy atom. The first-order chi connectivity index (χ1) is 13.4. The number of esters is 1. The first-order valence-corrected chi connectivity index (χ1v) is 8.71. The average Bonchev–Trinajstić information content (AvgIpc) is 2.68. The summed E-state index contributed by atoms with van der Waals surface area (Å²) in [6.45, 7) is 1.80. The van der Waals surface area contributed by atoms with Crippen LogP contribution in [-0.4, -0.2) is 32.2 Å². The van der Waals surface area contributed by atoms with Crippen molar-refractivity contribution in [3.8, 4) is 11.5 Å². The summed E-state index contributed by atoms with van der Waals surface area (Å²) >= 11 is 5.64. The second kappa shape index (κ2) is 10.3. The number of carbonyl (C=O) groups excluding carboxylic acids is 2. The summed E-state index contributed by atoms with van der Waals surface area (Å²) in [6, 6.07) is 8.98. The number of carbonyl (C=O) groups is 2. The van der Waals surface area contributed by atoms with Crippen molar-refractivity contribution in [1.82, 2.24) is 0 Å². The number of halogens is 2. The zero-order chi connectivity index (χ0) is 20.5. The molecule has 28 heavy (non-hydrogen) atoms. The van der Waals surface area contributed by atoms with Crippen LogP contribution < -0.4 is 14.8 Å². The van der Waals surface area contributed by atoms with E-state index in [1.54, 1.807) is 18.2 Å². The lowest BCUT2D eigenvalue weighted by Crippen LogP contribution is -2.20. The van der Waals surface area contributed by atoms with Gasteiger partial charge in [-0.1, -0.05) is 17.7 Å². The van der Waals surface area contributed by atoms with Crippen LogP contribution in [0, 0.1) is 5.82 Å². The Morgan fingerprint density at radius 3 is 2.64 bits per heavy atom. The van der Waals surface area contributed by atoms with Gasteiger partial charge in [0.2, 0.25) is 0 Å². The maximum absolute atomic E-state index is 13.6. The fourth-order valence-corrected chi connectivity index (χ4v) is 2.35. The number of methoxy groups -OCH3 is 1. The van der Waals surface area contributed by atoms with Crippen molar-refractivity contribution in [3.05, 3.63) is 58.9 Å². The normalized spacial score (nSPS) is 10.6. The summed E-state index contributed by atoms with van der Waals surface area (Å²) < 4.78 is 29.1. The molecule has 8 heteroatoms. The molecule has 0 saturated heterocycles. The number of hydrogen-bond acceptors (Lipinski definition) is 5. The molecule has 0 bridgehead atoms. The number of nitrogens with one attached hydrogen (secondary N) is 1. The first kappa shape index (κ1) is 21.2. The maximum Gasteiger partial charge on any atom is 0.331 e. The largest absolute Gasteiger partial charge is 0.493 e. The van der Waals surface area contributed by atoms with E-state index >= 15 is 0 Å². The van der Waals surface area contributed by atoms with E-state index in [2.05, 4.69) is 5.32 Å². The van der Waals surface area contributed by atoms with Gasteiger partial charge in [0.25, 0.3) is 5.91 Å². The summed E-state index contributed by atoms with van der Waals surface area (Å²) in [5, 5.41) is 2.50. The summed E-state index contributed by atoms with van der Waals surface area (Å²) in [5.41, 5.74) is 0.632. The molecule has 0 unspecified atom stereocenters. The maximum atomic E-state index is 13.6. The molecule has 6 nitrogen and oxygen atoms in total. The molecule has 2 rings (SSSR count). The highest BCUT2D eigenvalue weighted by atomic mass is 35.5. The van der Waals surface area contributed by atoms with Gasteiger partial charge in [0.05, 0.1) is 19.4 Å². The summed E-state index contributed by atoms with van der Waals surface area (Å²) in [5.74, 6) is -0.959. The SMILES string of the molecule is CCOc1ccc(/C=C/C(=O)OCC(=O)Nc2ccc(Cl)cc2F)cc1OC. The highest BCUT2D eigenvalue weighted by molar-refractivity contribution is 6.30. The second-order valence-electron chi connectivity index (χ2n) is 5.46. The van der Waals surface area contributed by atoms with Gasteiger partial charge in [-0.25, -0.2) is 9.18 Å². The summed E-state index contributed by atoms with van der Waals surface area (Å²) in [4.78, 5) is 23.5. The highest BCUT2D eigenvalue weighted by Gasteiger charge is 2.10. The van der Waals surface area contributed by atoms with Gasteiger partial charge in [0, 0.05) is 11.1 Å².